The van der Waals surface area contributed by atoms with E-state index in [1.54, 1.807) is 24.0 Å². The molecule has 3 aromatic heterocycles. The van der Waals surface area contributed by atoms with Crippen molar-refractivity contribution in [3.63, 3.8) is 0 Å². The highest BCUT2D eigenvalue weighted by Gasteiger charge is 2.21. The summed E-state index contributed by atoms with van der Waals surface area (Å²) in [5.41, 5.74) is 1.39. The van der Waals surface area contributed by atoms with E-state index < -0.39 is 0 Å². The third-order valence-corrected chi connectivity index (χ3v) is 5.13. The number of halogens is 1. The molecule has 2 amide bonds. The van der Waals surface area contributed by atoms with Gasteiger partial charge in [-0.1, -0.05) is 22.8 Å². The number of anilines is 1. The van der Waals surface area contributed by atoms with Crippen molar-refractivity contribution in [2.75, 3.05) is 38.0 Å². The van der Waals surface area contributed by atoms with Crippen molar-refractivity contribution in [3.8, 4) is 0 Å². The second-order valence-electron chi connectivity index (χ2n) is 7.02. The predicted octanol–water partition coefficient (Wildman–Crippen LogP) is 2.08. The minimum absolute atomic E-state index is 0.0980. The number of hydrogen-bond acceptors (Lipinski definition) is 6. The standard InChI is InChI=1S/C20H21ClN6O3/c1-14-12-16(24-30-14)22-18(28)13-25-8-10-26(11-9-25)19(29)6-5-15-20(21)23-17-4-2-3-7-27(15)17/h2-7,12H,8-11,13H2,1H3,(H,22,24,28)/b6-5+. The Morgan fingerprint density at radius 3 is 2.80 bits per heavy atom. The topological polar surface area (TPSA) is 96.0 Å². The summed E-state index contributed by atoms with van der Waals surface area (Å²) in [6.45, 7) is 4.31. The first-order valence-electron chi connectivity index (χ1n) is 9.55. The SMILES string of the molecule is Cc1cc(NC(=O)CN2CCN(C(=O)/C=C/c3c(Cl)nc4ccccn34)CC2)no1. The molecule has 10 heteroatoms. The summed E-state index contributed by atoms with van der Waals surface area (Å²) in [6.07, 6.45) is 5.05. The van der Waals surface area contributed by atoms with Crippen LogP contribution in [-0.2, 0) is 9.59 Å². The van der Waals surface area contributed by atoms with Gasteiger partial charge in [0.25, 0.3) is 0 Å². The molecule has 4 rings (SSSR count). The molecule has 0 atom stereocenters. The van der Waals surface area contributed by atoms with E-state index in [4.69, 9.17) is 16.1 Å². The normalized spacial score (nSPS) is 15.2. The number of nitrogens with one attached hydrogen (secondary N) is 1. The fourth-order valence-electron chi connectivity index (χ4n) is 3.33. The second kappa shape index (κ2) is 8.68. The van der Waals surface area contributed by atoms with Crippen LogP contribution in [0, 0.1) is 6.92 Å². The van der Waals surface area contributed by atoms with Crippen LogP contribution < -0.4 is 5.32 Å². The molecule has 1 N–H and O–H groups in total. The zero-order valence-corrected chi connectivity index (χ0v) is 17.2. The average molecular weight is 429 g/mol. The van der Waals surface area contributed by atoms with E-state index in [0.29, 0.717) is 48.6 Å². The van der Waals surface area contributed by atoms with E-state index in [-0.39, 0.29) is 18.4 Å². The number of carbonyl (C=O) groups is 2. The number of hydrogen-bond donors (Lipinski definition) is 1. The minimum Gasteiger partial charge on any atom is -0.360 e. The highest BCUT2D eigenvalue weighted by atomic mass is 35.5. The van der Waals surface area contributed by atoms with Crippen molar-refractivity contribution < 1.29 is 14.1 Å². The Balaban J connectivity index is 1.29. The van der Waals surface area contributed by atoms with Gasteiger partial charge in [0.15, 0.2) is 11.0 Å². The Hall–Kier alpha value is -3.17. The molecule has 1 aliphatic heterocycles. The summed E-state index contributed by atoms with van der Waals surface area (Å²) >= 11 is 6.20. The molecule has 0 spiro atoms. The number of nitrogens with zero attached hydrogens (tertiary/aromatic N) is 5. The fourth-order valence-corrected chi connectivity index (χ4v) is 3.57. The third kappa shape index (κ3) is 4.52. The Morgan fingerprint density at radius 2 is 2.07 bits per heavy atom. The number of carbonyl (C=O) groups excluding carboxylic acids is 2. The number of aryl methyl sites for hydroxylation is 1. The van der Waals surface area contributed by atoms with E-state index in [1.165, 1.54) is 6.08 Å². The maximum absolute atomic E-state index is 12.6. The van der Waals surface area contributed by atoms with Crippen molar-refractivity contribution in [3.05, 3.63) is 53.1 Å². The fraction of sp³-hybridized carbons (Fsp3) is 0.300. The van der Waals surface area contributed by atoms with Crippen LogP contribution in [0.5, 0.6) is 0 Å². The molecule has 0 radical (unpaired) electrons. The highest BCUT2D eigenvalue weighted by molar-refractivity contribution is 6.31. The molecule has 3 aromatic rings. The number of imidazole rings is 1. The summed E-state index contributed by atoms with van der Waals surface area (Å²) in [7, 11) is 0. The van der Waals surface area contributed by atoms with Gasteiger partial charge in [0.05, 0.1) is 12.2 Å². The zero-order chi connectivity index (χ0) is 21.1. The van der Waals surface area contributed by atoms with Crippen molar-refractivity contribution in [2.24, 2.45) is 0 Å². The van der Waals surface area contributed by atoms with Crippen LogP contribution in [0.4, 0.5) is 5.82 Å². The van der Waals surface area contributed by atoms with Crippen LogP contribution in [0.15, 0.2) is 41.1 Å². The van der Waals surface area contributed by atoms with Gasteiger partial charge in [-0.3, -0.25) is 18.9 Å². The van der Waals surface area contributed by atoms with E-state index in [2.05, 4.69) is 15.5 Å². The molecule has 156 valence electrons. The van der Waals surface area contributed by atoms with E-state index in [0.717, 1.165) is 5.65 Å². The Morgan fingerprint density at radius 1 is 1.27 bits per heavy atom. The Labute approximate surface area is 177 Å². The number of piperazine rings is 1. The van der Waals surface area contributed by atoms with Crippen molar-refractivity contribution >= 4 is 41.0 Å². The second-order valence-corrected chi connectivity index (χ2v) is 7.38. The van der Waals surface area contributed by atoms with Gasteiger partial charge in [-0.15, -0.1) is 0 Å². The van der Waals surface area contributed by atoms with Gasteiger partial charge in [-0.25, -0.2) is 4.98 Å². The average Bonchev–Trinajstić information content (AvgIpc) is 3.28. The molecular formula is C20H21ClN6O3. The number of rotatable bonds is 5. The maximum Gasteiger partial charge on any atom is 0.246 e. The van der Waals surface area contributed by atoms with E-state index in [1.807, 2.05) is 33.7 Å². The van der Waals surface area contributed by atoms with Crippen LogP contribution in [0.3, 0.4) is 0 Å². The van der Waals surface area contributed by atoms with Crippen molar-refractivity contribution in [1.29, 1.82) is 0 Å². The van der Waals surface area contributed by atoms with Gasteiger partial charge >= 0.3 is 0 Å². The van der Waals surface area contributed by atoms with Crippen LogP contribution in [-0.4, -0.2) is 68.9 Å². The van der Waals surface area contributed by atoms with Gasteiger partial charge < -0.3 is 14.7 Å². The first-order chi connectivity index (χ1) is 14.5. The Bertz CT molecular complexity index is 1100. The predicted molar refractivity (Wildman–Crippen MR) is 112 cm³/mol. The van der Waals surface area contributed by atoms with Gasteiger partial charge in [-0.05, 0) is 25.1 Å². The molecular weight excluding hydrogens is 408 g/mol. The molecule has 30 heavy (non-hydrogen) atoms. The van der Waals surface area contributed by atoms with Crippen LogP contribution in [0.25, 0.3) is 11.7 Å². The maximum atomic E-state index is 12.6. The number of aromatic nitrogens is 3. The van der Waals surface area contributed by atoms with Gasteiger partial charge in [0.1, 0.15) is 11.4 Å². The first-order valence-corrected chi connectivity index (χ1v) is 9.92. The lowest BCUT2D eigenvalue weighted by atomic mass is 10.3. The Kier molecular flexibility index (Phi) is 5.82. The summed E-state index contributed by atoms with van der Waals surface area (Å²) in [5, 5.41) is 6.80. The van der Waals surface area contributed by atoms with Crippen molar-refractivity contribution in [1.82, 2.24) is 24.3 Å². The largest absolute Gasteiger partial charge is 0.360 e. The molecule has 1 fully saturated rings. The summed E-state index contributed by atoms with van der Waals surface area (Å²) in [6, 6.07) is 7.27. The molecule has 0 aromatic carbocycles. The van der Waals surface area contributed by atoms with Crippen LogP contribution >= 0.6 is 11.6 Å². The van der Waals surface area contributed by atoms with Gasteiger partial charge in [0.2, 0.25) is 11.8 Å². The van der Waals surface area contributed by atoms with E-state index >= 15 is 0 Å². The number of fused-ring (bicyclic) bond motifs is 1. The molecule has 0 unspecified atom stereocenters. The van der Waals surface area contributed by atoms with E-state index in [9.17, 15) is 9.59 Å². The summed E-state index contributed by atoms with van der Waals surface area (Å²) in [5.74, 6) is 0.780. The summed E-state index contributed by atoms with van der Waals surface area (Å²) < 4.78 is 6.77. The molecule has 0 aliphatic carbocycles. The monoisotopic (exact) mass is 428 g/mol. The van der Waals surface area contributed by atoms with Crippen LogP contribution in [0.2, 0.25) is 5.15 Å². The summed E-state index contributed by atoms with van der Waals surface area (Å²) in [4.78, 5) is 32.7. The van der Waals surface area contributed by atoms with Gasteiger partial charge in [0, 0.05) is 44.5 Å². The molecule has 9 nitrogen and oxygen atoms in total. The van der Waals surface area contributed by atoms with Gasteiger partial charge in [-0.2, -0.15) is 0 Å². The van der Waals surface area contributed by atoms with Crippen LogP contribution in [0.1, 0.15) is 11.5 Å². The molecule has 0 bridgehead atoms. The molecule has 4 heterocycles. The number of pyridine rings is 1. The smallest absolute Gasteiger partial charge is 0.246 e. The quantitative estimate of drug-likeness (QED) is 0.625. The zero-order valence-electron chi connectivity index (χ0n) is 16.4. The molecule has 1 saturated heterocycles. The highest BCUT2D eigenvalue weighted by Crippen LogP contribution is 2.19. The number of amides is 2. The lowest BCUT2D eigenvalue weighted by Crippen LogP contribution is -2.50. The first kappa shape index (κ1) is 20.1. The third-order valence-electron chi connectivity index (χ3n) is 4.85. The minimum atomic E-state index is -0.162. The molecule has 0 saturated carbocycles. The lowest BCUT2D eigenvalue weighted by molar-refractivity contribution is -0.127. The lowest BCUT2D eigenvalue weighted by Gasteiger charge is -2.33. The molecule has 1 aliphatic rings. The van der Waals surface area contributed by atoms with Crippen molar-refractivity contribution in [2.45, 2.75) is 6.92 Å².